The molecule has 1 saturated heterocycles. The first-order chi connectivity index (χ1) is 11.1. The van der Waals surface area contributed by atoms with Gasteiger partial charge in [-0.1, -0.05) is 17.7 Å². The van der Waals surface area contributed by atoms with Gasteiger partial charge in [0.25, 0.3) is 0 Å². The zero-order valence-electron chi connectivity index (χ0n) is 15.0. The number of ether oxygens (including phenoxy) is 2. The van der Waals surface area contributed by atoms with Gasteiger partial charge in [0, 0.05) is 10.8 Å². The fourth-order valence-electron chi connectivity index (χ4n) is 2.60. The number of carbonyl (C=O) groups excluding carboxylic acids is 1. The number of carbonyl (C=O) groups is 1. The van der Waals surface area contributed by atoms with Crippen LogP contribution < -0.4 is 4.74 Å². The van der Waals surface area contributed by atoms with Crippen molar-refractivity contribution in [3.8, 4) is 5.75 Å². The Morgan fingerprint density at radius 1 is 1.21 bits per heavy atom. The zero-order chi connectivity index (χ0) is 18.1. The van der Waals surface area contributed by atoms with Crippen LogP contribution in [-0.2, 0) is 18.8 Å². The molecule has 0 radical (unpaired) electrons. The maximum atomic E-state index is 11.9. The van der Waals surface area contributed by atoms with Crippen molar-refractivity contribution < 1.29 is 23.6 Å². The van der Waals surface area contributed by atoms with Crippen molar-refractivity contribution in [2.75, 3.05) is 14.2 Å². The fourth-order valence-corrected chi connectivity index (χ4v) is 2.91. The standard InChI is InChI=1S/C17H24BClO5/c1-16(2)17(3,4)24-18(23-16)13(10-15(20)22-6)12-8-7-11(21-5)9-14(12)19/h7-9,13H,10H2,1-6H3. The second-order valence-corrected chi connectivity index (χ2v) is 7.31. The van der Waals surface area contributed by atoms with E-state index < -0.39 is 18.3 Å². The molecular formula is C17H24BClO5. The zero-order valence-corrected chi connectivity index (χ0v) is 15.8. The van der Waals surface area contributed by atoms with Crippen LogP contribution in [0.15, 0.2) is 18.2 Å². The summed E-state index contributed by atoms with van der Waals surface area (Å²) in [5.74, 6) is -0.0759. The topological polar surface area (TPSA) is 54.0 Å². The number of methoxy groups -OCH3 is 2. The number of esters is 1. The van der Waals surface area contributed by atoms with E-state index in [2.05, 4.69) is 0 Å². The molecule has 1 aromatic rings. The van der Waals surface area contributed by atoms with E-state index >= 15 is 0 Å². The minimum atomic E-state index is -0.597. The molecule has 132 valence electrons. The third-order valence-electron chi connectivity index (χ3n) is 4.82. The van der Waals surface area contributed by atoms with Crippen LogP contribution in [0.1, 0.15) is 45.5 Å². The van der Waals surface area contributed by atoms with E-state index in [-0.39, 0.29) is 18.2 Å². The largest absolute Gasteiger partial charge is 0.497 e. The number of hydrogen-bond acceptors (Lipinski definition) is 5. The van der Waals surface area contributed by atoms with Crippen LogP contribution in [-0.4, -0.2) is 38.5 Å². The molecule has 5 nitrogen and oxygen atoms in total. The first-order valence-corrected chi connectivity index (χ1v) is 8.25. The molecule has 1 aliphatic heterocycles. The van der Waals surface area contributed by atoms with Gasteiger partial charge in [0.05, 0.1) is 31.8 Å². The summed E-state index contributed by atoms with van der Waals surface area (Å²) in [6.07, 6.45) is 0.110. The Labute approximate surface area is 148 Å². The molecule has 0 amide bonds. The molecule has 0 spiro atoms. The van der Waals surface area contributed by atoms with Crippen molar-refractivity contribution in [3.05, 3.63) is 28.8 Å². The molecule has 0 bridgehead atoms. The van der Waals surface area contributed by atoms with Crippen molar-refractivity contribution in [1.29, 1.82) is 0 Å². The Morgan fingerprint density at radius 2 is 1.79 bits per heavy atom. The van der Waals surface area contributed by atoms with E-state index in [0.29, 0.717) is 10.8 Å². The Hall–Kier alpha value is -1.24. The lowest BCUT2D eigenvalue weighted by atomic mass is 9.66. The highest BCUT2D eigenvalue weighted by Gasteiger charge is 2.54. The minimum absolute atomic E-state index is 0.110. The number of rotatable bonds is 5. The summed E-state index contributed by atoms with van der Waals surface area (Å²) in [6, 6.07) is 5.35. The van der Waals surface area contributed by atoms with Gasteiger partial charge in [-0.3, -0.25) is 4.79 Å². The lowest BCUT2D eigenvalue weighted by molar-refractivity contribution is -0.140. The molecule has 0 aliphatic carbocycles. The molecule has 2 rings (SSSR count). The van der Waals surface area contributed by atoms with Crippen LogP contribution >= 0.6 is 11.6 Å². The number of hydrogen-bond donors (Lipinski definition) is 0. The van der Waals surface area contributed by atoms with Gasteiger partial charge in [0.15, 0.2) is 0 Å². The molecule has 1 atom stereocenters. The summed E-state index contributed by atoms with van der Waals surface area (Å²) in [7, 11) is 2.34. The summed E-state index contributed by atoms with van der Waals surface area (Å²) in [5.41, 5.74) is -0.225. The van der Waals surface area contributed by atoms with E-state index in [0.717, 1.165) is 5.56 Å². The van der Waals surface area contributed by atoms with Crippen LogP contribution in [0.2, 0.25) is 5.02 Å². The second-order valence-electron chi connectivity index (χ2n) is 6.90. The van der Waals surface area contributed by atoms with Gasteiger partial charge in [-0.2, -0.15) is 0 Å². The predicted octanol–water partition coefficient (Wildman–Crippen LogP) is 3.63. The average Bonchev–Trinajstić information content (AvgIpc) is 2.72. The van der Waals surface area contributed by atoms with Crippen LogP contribution in [0, 0.1) is 0 Å². The van der Waals surface area contributed by atoms with Crippen molar-refractivity contribution in [1.82, 2.24) is 0 Å². The highest BCUT2D eigenvalue weighted by molar-refractivity contribution is 6.48. The van der Waals surface area contributed by atoms with E-state index in [1.807, 2.05) is 33.8 Å². The quantitative estimate of drug-likeness (QED) is 0.597. The normalized spacial score (nSPS) is 19.9. The maximum absolute atomic E-state index is 11.9. The second kappa shape index (κ2) is 6.94. The van der Waals surface area contributed by atoms with Gasteiger partial charge in [-0.05, 0) is 45.4 Å². The minimum Gasteiger partial charge on any atom is -0.497 e. The Balaban J connectivity index is 2.38. The molecule has 1 unspecified atom stereocenters. The molecule has 24 heavy (non-hydrogen) atoms. The van der Waals surface area contributed by atoms with Crippen LogP contribution in [0.25, 0.3) is 0 Å². The van der Waals surface area contributed by atoms with Crippen molar-refractivity contribution in [2.45, 2.75) is 51.1 Å². The highest BCUT2D eigenvalue weighted by atomic mass is 35.5. The Bertz CT molecular complexity index is 601. The summed E-state index contributed by atoms with van der Waals surface area (Å²) < 4.78 is 22.3. The fraction of sp³-hybridized carbons (Fsp3) is 0.588. The van der Waals surface area contributed by atoms with Crippen molar-refractivity contribution >= 4 is 24.7 Å². The van der Waals surface area contributed by atoms with Gasteiger partial charge < -0.3 is 18.8 Å². The van der Waals surface area contributed by atoms with E-state index in [4.69, 9.17) is 30.4 Å². The van der Waals surface area contributed by atoms with Crippen molar-refractivity contribution in [2.24, 2.45) is 0 Å². The monoisotopic (exact) mass is 354 g/mol. The molecule has 1 fully saturated rings. The smallest absolute Gasteiger partial charge is 0.466 e. The molecule has 0 N–H and O–H groups in total. The molecular weight excluding hydrogens is 330 g/mol. The molecule has 1 aromatic carbocycles. The SMILES string of the molecule is COC(=O)CC(B1OC(C)(C)C(C)(C)O1)c1ccc(OC)cc1Cl. The summed E-state index contributed by atoms with van der Waals surface area (Å²) in [6.45, 7) is 7.88. The summed E-state index contributed by atoms with van der Waals surface area (Å²) in [5, 5.41) is 0.498. The third kappa shape index (κ3) is 3.71. The van der Waals surface area contributed by atoms with Gasteiger partial charge in [-0.15, -0.1) is 0 Å². The first-order valence-electron chi connectivity index (χ1n) is 7.87. The summed E-state index contributed by atoms with van der Waals surface area (Å²) in [4.78, 5) is 11.9. The molecule has 1 heterocycles. The lowest BCUT2D eigenvalue weighted by Crippen LogP contribution is -2.41. The number of halogens is 1. The van der Waals surface area contributed by atoms with Crippen molar-refractivity contribution in [3.63, 3.8) is 0 Å². The molecule has 0 saturated carbocycles. The van der Waals surface area contributed by atoms with Gasteiger partial charge >= 0.3 is 13.1 Å². The Kier molecular flexibility index (Phi) is 5.52. The lowest BCUT2D eigenvalue weighted by Gasteiger charge is -2.32. The summed E-state index contributed by atoms with van der Waals surface area (Å²) >= 11 is 6.41. The van der Waals surface area contributed by atoms with E-state index in [1.54, 1.807) is 19.2 Å². The highest BCUT2D eigenvalue weighted by Crippen LogP contribution is 2.43. The van der Waals surface area contributed by atoms with Crippen LogP contribution in [0.4, 0.5) is 0 Å². The average molecular weight is 355 g/mol. The number of benzene rings is 1. The van der Waals surface area contributed by atoms with Crippen LogP contribution in [0.5, 0.6) is 5.75 Å². The predicted molar refractivity (Wildman–Crippen MR) is 93.5 cm³/mol. The molecule has 0 aromatic heterocycles. The first kappa shape index (κ1) is 19.1. The maximum Gasteiger partial charge on any atom is 0.466 e. The van der Waals surface area contributed by atoms with Gasteiger partial charge in [0.2, 0.25) is 0 Å². The van der Waals surface area contributed by atoms with E-state index in [9.17, 15) is 4.79 Å². The third-order valence-corrected chi connectivity index (χ3v) is 5.15. The molecule has 1 aliphatic rings. The Morgan fingerprint density at radius 3 is 2.25 bits per heavy atom. The van der Waals surface area contributed by atoms with E-state index in [1.165, 1.54) is 7.11 Å². The molecule has 7 heteroatoms. The van der Waals surface area contributed by atoms with Gasteiger partial charge in [-0.25, -0.2) is 0 Å². The van der Waals surface area contributed by atoms with Crippen LogP contribution in [0.3, 0.4) is 0 Å². The van der Waals surface area contributed by atoms with Gasteiger partial charge in [0.1, 0.15) is 5.75 Å².